The van der Waals surface area contributed by atoms with Gasteiger partial charge in [-0.05, 0) is 91.9 Å². The van der Waals surface area contributed by atoms with Crippen molar-refractivity contribution in [1.29, 1.82) is 0 Å². The van der Waals surface area contributed by atoms with E-state index >= 15 is 0 Å². The van der Waals surface area contributed by atoms with Gasteiger partial charge in [-0.1, -0.05) is 139 Å². The molecule has 0 saturated heterocycles. The molecular weight excluding hydrogens is 709 g/mol. The van der Waals surface area contributed by atoms with Crippen LogP contribution in [0, 0.1) is 0 Å². The molecule has 4 nitrogen and oxygen atoms in total. The molecule has 0 saturated carbocycles. The van der Waals surface area contributed by atoms with E-state index in [4.69, 9.17) is 18.8 Å². The molecule has 0 N–H and O–H groups in total. The highest BCUT2D eigenvalue weighted by Gasteiger charge is 2.23. The summed E-state index contributed by atoms with van der Waals surface area (Å²) in [7, 11) is 0. The monoisotopic (exact) mass is 750 g/mol. The van der Waals surface area contributed by atoms with E-state index in [9.17, 15) is 0 Å². The number of fused-ring (bicyclic) bond motifs is 12. The number of hydrogen-bond donors (Lipinski definition) is 0. The minimum Gasteiger partial charge on any atom is -0.455 e. The first-order valence-corrected chi connectivity index (χ1v) is 20.1. The van der Waals surface area contributed by atoms with Crippen molar-refractivity contribution >= 4 is 76.5 Å². The average Bonchev–Trinajstić information content (AvgIpc) is 3.80. The minimum atomic E-state index is -0.00834. The lowest BCUT2D eigenvalue weighted by Gasteiger charge is -2.22. The number of furan rings is 2. The van der Waals surface area contributed by atoms with Crippen molar-refractivity contribution in [1.82, 2.24) is 9.97 Å². The molecule has 280 valence electrons. The highest BCUT2D eigenvalue weighted by Crippen LogP contribution is 2.45. The van der Waals surface area contributed by atoms with Gasteiger partial charge in [0.25, 0.3) is 0 Å². The van der Waals surface area contributed by atoms with E-state index in [1.807, 2.05) is 30.5 Å². The van der Waals surface area contributed by atoms with Crippen molar-refractivity contribution in [3.05, 3.63) is 157 Å². The molecule has 4 heteroatoms. The van der Waals surface area contributed by atoms with Crippen LogP contribution in [-0.2, 0) is 10.8 Å². The number of benzene rings is 8. The van der Waals surface area contributed by atoms with Crippen LogP contribution >= 0.6 is 0 Å². The number of aromatic nitrogens is 2. The molecule has 3 heterocycles. The smallest absolute Gasteiger partial charge is 0.147 e. The molecule has 58 heavy (non-hydrogen) atoms. The molecule has 0 amide bonds. The van der Waals surface area contributed by atoms with Crippen LogP contribution in [0.15, 0.2) is 155 Å². The summed E-state index contributed by atoms with van der Waals surface area (Å²) < 4.78 is 13.3. The molecule has 0 fully saturated rings. The molecule has 8 aromatic carbocycles. The topological polar surface area (TPSA) is 52.1 Å². The van der Waals surface area contributed by atoms with E-state index < -0.39 is 0 Å². The van der Waals surface area contributed by atoms with Gasteiger partial charge in [-0.2, -0.15) is 0 Å². The Hall–Kier alpha value is -6.78. The van der Waals surface area contributed by atoms with Crippen LogP contribution in [0.3, 0.4) is 0 Å². The van der Waals surface area contributed by atoms with Crippen LogP contribution < -0.4 is 0 Å². The summed E-state index contributed by atoms with van der Waals surface area (Å²) in [6.45, 7) is 13.6. The maximum Gasteiger partial charge on any atom is 0.147 e. The van der Waals surface area contributed by atoms with Crippen LogP contribution in [-0.4, -0.2) is 9.97 Å². The molecule has 0 aliphatic heterocycles. The van der Waals surface area contributed by atoms with Gasteiger partial charge in [-0.15, -0.1) is 0 Å². The third-order valence-electron chi connectivity index (χ3n) is 12.0. The summed E-state index contributed by atoms with van der Waals surface area (Å²) in [6, 6.07) is 49.8. The Bertz CT molecular complexity index is 3390. The van der Waals surface area contributed by atoms with E-state index in [-0.39, 0.29) is 10.8 Å². The Labute approximate surface area is 336 Å². The van der Waals surface area contributed by atoms with Gasteiger partial charge in [0.1, 0.15) is 22.3 Å². The number of nitrogens with zero attached hydrogens (tertiary/aromatic N) is 2. The molecule has 0 aliphatic rings. The summed E-state index contributed by atoms with van der Waals surface area (Å²) in [5, 5.41) is 9.03. The van der Waals surface area contributed by atoms with Crippen molar-refractivity contribution < 1.29 is 8.83 Å². The second-order valence-corrected chi connectivity index (χ2v) is 17.8. The van der Waals surface area contributed by atoms with Crippen molar-refractivity contribution in [2.24, 2.45) is 0 Å². The van der Waals surface area contributed by atoms with Crippen LogP contribution in [0.5, 0.6) is 0 Å². The zero-order valence-electron chi connectivity index (χ0n) is 33.6. The van der Waals surface area contributed by atoms with E-state index in [1.165, 1.54) is 21.9 Å². The van der Waals surface area contributed by atoms with Crippen LogP contribution in [0.4, 0.5) is 0 Å². The SMILES string of the molecule is CC(C)(C)c1ccc2c3ccc(C(C)(C)C)cc3c3nc(-c4cccc(-c5cccc(-c6c7oc8ccccc8c7cc7c6oc6ccccc67)c5)c4)cnc3c2c1. The summed E-state index contributed by atoms with van der Waals surface area (Å²) in [4.78, 5) is 10.7. The first kappa shape index (κ1) is 34.5. The van der Waals surface area contributed by atoms with Gasteiger partial charge in [-0.25, -0.2) is 4.98 Å². The van der Waals surface area contributed by atoms with Gasteiger partial charge in [0.15, 0.2) is 0 Å². The molecule has 11 rings (SSSR count). The zero-order valence-corrected chi connectivity index (χ0v) is 33.6. The predicted molar refractivity (Wildman–Crippen MR) is 243 cm³/mol. The average molecular weight is 751 g/mol. The van der Waals surface area contributed by atoms with Crippen molar-refractivity contribution in [2.45, 2.75) is 52.4 Å². The molecule has 0 aliphatic carbocycles. The third-order valence-corrected chi connectivity index (χ3v) is 12.0. The van der Waals surface area contributed by atoms with Crippen molar-refractivity contribution in [3.63, 3.8) is 0 Å². The van der Waals surface area contributed by atoms with E-state index in [1.54, 1.807) is 0 Å². The summed E-state index contributed by atoms with van der Waals surface area (Å²) in [6.07, 6.45) is 1.95. The fourth-order valence-corrected chi connectivity index (χ4v) is 8.81. The van der Waals surface area contributed by atoms with Gasteiger partial charge < -0.3 is 8.83 Å². The van der Waals surface area contributed by atoms with Crippen molar-refractivity contribution in [3.8, 4) is 33.5 Å². The Kier molecular flexibility index (Phi) is 7.34. The second-order valence-electron chi connectivity index (χ2n) is 17.8. The largest absolute Gasteiger partial charge is 0.455 e. The van der Waals surface area contributed by atoms with E-state index in [2.05, 4.69) is 157 Å². The normalized spacial score (nSPS) is 12.7. The Morgan fingerprint density at radius 3 is 1.47 bits per heavy atom. The van der Waals surface area contributed by atoms with Gasteiger partial charge in [0.05, 0.1) is 28.5 Å². The third kappa shape index (κ3) is 5.35. The van der Waals surface area contributed by atoms with Crippen molar-refractivity contribution in [2.75, 3.05) is 0 Å². The van der Waals surface area contributed by atoms with Crippen LogP contribution in [0.25, 0.3) is 110 Å². The lowest BCUT2D eigenvalue weighted by atomic mass is 9.83. The maximum atomic E-state index is 6.63. The predicted octanol–water partition coefficient (Wildman–Crippen LogP) is 15.3. The molecule has 0 spiro atoms. The summed E-state index contributed by atoms with van der Waals surface area (Å²) in [5.74, 6) is 0. The molecule has 0 atom stereocenters. The van der Waals surface area contributed by atoms with E-state index in [0.29, 0.717) is 0 Å². The first-order valence-electron chi connectivity index (χ1n) is 20.1. The van der Waals surface area contributed by atoms with Gasteiger partial charge in [0, 0.05) is 37.9 Å². The molecular formula is C54H42N2O2. The van der Waals surface area contributed by atoms with Gasteiger partial charge in [0.2, 0.25) is 0 Å². The molecule has 0 radical (unpaired) electrons. The lowest BCUT2D eigenvalue weighted by Crippen LogP contribution is -2.11. The second kappa shape index (κ2) is 12.4. The van der Waals surface area contributed by atoms with Crippen LogP contribution in [0.1, 0.15) is 52.7 Å². The quantitative estimate of drug-likeness (QED) is 0.169. The zero-order chi connectivity index (χ0) is 39.5. The Balaban J connectivity index is 1.08. The first-order chi connectivity index (χ1) is 28.0. The fourth-order valence-electron chi connectivity index (χ4n) is 8.81. The van der Waals surface area contributed by atoms with Gasteiger partial charge >= 0.3 is 0 Å². The summed E-state index contributed by atoms with van der Waals surface area (Å²) in [5.41, 5.74) is 13.8. The molecule has 11 aromatic rings. The molecule has 0 unspecified atom stereocenters. The van der Waals surface area contributed by atoms with Gasteiger partial charge in [-0.3, -0.25) is 4.98 Å². The van der Waals surface area contributed by atoms with Crippen LogP contribution in [0.2, 0.25) is 0 Å². The minimum absolute atomic E-state index is 0.00726. The highest BCUT2D eigenvalue weighted by molar-refractivity contribution is 6.24. The fraction of sp³-hybridized carbons (Fsp3) is 0.148. The molecule has 0 bridgehead atoms. The lowest BCUT2D eigenvalue weighted by molar-refractivity contribution is 0.591. The Morgan fingerprint density at radius 1 is 0.397 bits per heavy atom. The number of rotatable bonds is 3. The number of hydrogen-bond acceptors (Lipinski definition) is 4. The standard InChI is InChI=1S/C54H42N2O2/c1-53(2,3)35-21-23-37-38-24-22-36(54(4,5)6)28-42(38)50-49(41(37)27-35)55-30-45(56-50)33-15-11-13-31(25-33)32-14-12-16-34(26-32)48-51-43(39-17-7-9-19-46(39)57-51)29-44-40-18-8-10-20-47(40)58-52(44)48/h7-30H,1-6H3. The summed E-state index contributed by atoms with van der Waals surface area (Å²) >= 11 is 0. The number of para-hydroxylation sites is 2. The van der Waals surface area contributed by atoms with E-state index in [0.717, 1.165) is 99.2 Å². The maximum absolute atomic E-state index is 6.63. The molecule has 3 aromatic heterocycles. The Morgan fingerprint density at radius 2 is 0.897 bits per heavy atom. The highest BCUT2D eigenvalue weighted by atomic mass is 16.3.